The zero-order valence-corrected chi connectivity index (χ0v) is 6.73. The summed E-state index contributed by atoms with van der Waals surface area (Å²) in [6.45, 7) is 4.17. The van der Waals surface area contributed by atoms with Crippen molar-refractivity contribution in [3.8, 4) is 0 Å². The minimum atomic E-state index is -0.520. The van der Waals surface area contributed by atoms with E-state index in [9.17, 15) is 4.39 Å². The zero-order chi connectivity index (χ0) is 6.85. The second kappa shape index (κ2) is 3.91. The van der Waals surface area contributed by atoms with Gasteiger partial charge in [0.05, 0.1) is 0 Å². The molecule has 3 unspecified atom stereocenters. The molecule has 0 aliphatic heterocycles. The number of rotatable bonds is 0. The molecule has 0 aromatic heterocycles. The summed E-state index contributed by atoms with van der Waals surface area (Å²) >= 11 is 0. The number of hydrogen-bond donors (Lipinski definition) is 0. The predicted octanol–water partition coefficient (Wildman–Crippen LogP) is 1.96. The van der Waals surface area contributed by atoms with Gasteiger partial charge < -0.3 is 5.48 Å². The Morgan fingerprint density at radius 1 is 1.20 bits per heavy atom. The van der Waals surface area contributed by atoms with Crippen LogP contribution < -0.4 is 0 Å². The van der Waals surface area contributed by atoms with E-state index in [1.54, 1.807) is 0 Å². The first-order chi connectivity index (χ1) is 4.22. The Hall–Kier alpha value is -0.110. The van der Waals surface area contributed by atoms with Gasteiger partial charge in [0.15, 0.2) is 0 Å². The van der Waals surface area contributed by atoms with Crippen molar-refractivity contribution in [2.75, 3.05) is 0 Å². The lowest BCUT2D eigenvalue weighted by atomic mass is 9.80. The molecule has 0 amide bonds. The predicted molar refractivity (Wildman–Crippen MR) is 40.7 cm³/mol. The van der Waals surface area contributed by atoms with Gasteiger partial charge in [-0.15, -0.1) is 0 Å². The van der Waals surface area contributed by atoms with Crippen LogP contribution >= 0.6 is 0 Å². The maximum atomic E-state index is 12.8. The molecule has 0 saturated heterocycles. The molecule has 1 fully saturated rings. The third-order valence-electron chi connectivity index (χ3n) is 2.61. The van der Waals surface area contributed by atoms with E-state index in [2.05, 4.69) is 6.92 Å². The smallest absolute Gasteiger partial charge is 0.103 e. The maximum absolute atomic E-state index is 12.8. The molecule has 2 heteroatoms. The van der Waals surface area contributed by atoms with Crippen molar-refractivity contribution in [3.05, 3.63) is 0 Å². The molecular weight excluding hydrogens is 131 g/mol. The van der Waals surface area contributed by atoms with Crippen molar-refractivity contribution in [2.24, 2.45) is 11.8 Å². The van der Waals surface area contributed by atoms with Crippen molar-refractivity contribution in [3.63, 3.8) is 0 Å². The van der Waals surface area contributed by atoms with Crippen LogP contribution in [0.1, 0.15) is 33.1 Å². The molecule has 0 radical (unpaired) electrons. The van der Waals surface area contributed by atoms with Crippen molar-refractivity contribution >= 4 is 0 Å². The number of hydrogen-bond acceptors (Lipinski definition) is 0. The fourth-order valence-electron chi connectivity index (χ4n) is 1.52. The molecular formula is C8H17FO. The van der Waals surface area contributed by atoms with Gasteiger partial charge in [-0.2, -0.15) is 0 Å². The van der Waals surface area contributed by atoms with Crippen LogP contribution in [0.3, 0.4) is 0 Å². The first-order valence-electron chi connectivity index (χ1n) is 3.86. The molecule has 3 atom stereocenters. The Bertz CT molecular complexity index is 85.3. The highest BCUT2D eigenvalue weighted by Crippen LogP contribution is 2.31. The highest BCUT2D eigenvalue weighted by molar-refractivity contribution is 4.75. The quantitative estimate of drug-likeness (QED) is 0.503. The van der Waals surface area contributed by atoms with Crippen molar-refractivity contribution in [2.45, 2.75) is 39.3 Å². The summed E-state index contributed by atoms with van der Waals surface area (Å²) in [5.74, 6) is 0.910. The average molecular weight is 148 g/mol. The van der Waals surface area contributed by atoms with Crippen molar-refractivity contribution in [1.82, 2.24) is 0 Å². The molecule has 0 aromatic rings. The maximum Gasteiger partial charge on any atom is 0.103 e. The minimum Gasteiger partial charge on any atom is -0.412 e. The first kappa shape index (κ1) is 9.89. The molecule has 62 valence electrons. The molecule has 10 heavy (non-hydrogen) atoms. The van der Waals surface area contributed by atoms with Crippen molar-refractivity contribution < 1.29 is 9.87 Å². The van der Waals surface area contributed by atoms with Crippen LogP contribution in [0.2, 0.25) is 0 Å². The molecule has 0 heterocycles. The Morgan fingerprint density at radius 3 is 2.20 bits per heavy atom. The Balaban J connectivity index is 0.000000810. The van der Waals surface area contributed by atoms with Gasteiger partial charge in [-0.05, 0) is 18.3 Å². The normalized spacial score (nSPS) is 40.5. The molecule has 2 N–H and O–H groups in total. The molecule has 0 bridgehead atoms. The van der Waals surface area contributed by atoms with Gasteiger partial charge in [-0.1, -0.05) is 26.7 Å². The van der Waals surface area contributed by atoms with Crippen molar-refractivity contribution in [1.29, 1.82) is 0 Å². The van der Waals surface area contributed by atoms with E-state index < -0.39 is 6.17 Å². The van der Waals surface area contributed by atoms with E-state index in [-0.39, 0.29) is 5.48 Å². The van der Waals surface area contributed by atoms with Crippen LogP contribution in [0.5, 0.6) is 0 Å². The Labute approximate surface area is 61.9 Å². The van der Waals surface area contributed by atoms with Crippen LogP contribution in [0, 0.1) is 11.8 Å². The van der Waals surface area contributed by atoms with Crippen LogP contribution in [0.4, 0.5) is 4.39 Å². The summed E-state index contributed by atoms with van der Waals surface area (Å²) in [7, 11) is 0. The molecule has 1 aliphatic rings. The summed E-state index contributed by atoms with van der Waals surface area (Å²) < 4.78 is 12.8. The largest absolute Gasteiger partial charge is 0.412 e. The second-order valence-electron chi connectivity index (χ2n) is 3.28. The third kappa shape index (κ3) is 1.94. The lowest BCUT2D eigenvalue weighted by Gasteiger charge is -2.28. The molecule has 0 spiro atoms. The lowest BCUT2D eigenvalue weighted by Crippen LogP contribution is -2.24. The summed E-state index contributed by atoms with van der Waals surface area (Å²) in [6.07, 6.45) is 2.59. The fourth-order valence-corrected chi connectivity index (χ4v) is 1.52. The molecule has 1 aliphatic carbocycles. The molecule has 1 rings (SSSR count). The minimum absolute atomic E-state index is 0. The van der Waals surface area contributed by atoms with E-state index in [1.165, 1.54) is 6.42 Å². The van der Waals surface area contributed by atoms with Gasteiger partial charge in [-0.25, -0.2) is 4.39 Å². The molecule has 1 nitrogen and oxygen atoms in total. The van der Waals surface area contributed by atoms with Gasteiger partial charge in [0.1, 0.15) is 6.17 Å². The highest BCUT2D eigenvalue weighted by Gasteiger charge is 2.26. The molecule has 1 saturated carbocycles. The van der Waals surface area contributed by atoms with Crippen LogP contribution in [0.15, 0.2) is 0 Å². The van der Waals surface area contributed by atoms with Gasteiger partial charge >= 0.3 is 0 Å². The molecule has 0 aromatic carbocycles. The van der Waals surface area contributed by atoms with E-state index in [1.807, 2.05) is 6.92 Å². The monoisotopic (exact) mass is 148 g/mol. The average Bonchev–Trinajstić information content (AvgIpc) is 1.83. The van der Waals surface area contributed by atoms with E-state index in [0.29, 0.717) is 11.8 Å². The zero-order valence-electron chi connectivity index (χ0n) is 6.73. The van der Waals surface area contributed by atoms with Gasteiger partial charge in [0.25, 0.3) is 0 Å². The fraction of sp³-hybridized carbons (Fsp3) is 1.00. The van der Waals surface area contributed by atoms with E-state index in [4.69, 9.17) is 0 Å². The second-order valence-corrected chi connectivity index (χ2v) is 3.28. The van der Waals surface area contributed by atoms with Crippen LogP contribution in [-0.4, -0.2) is 11.6 Å². The summed E-state index contributed by atoms with van der Waals surface area (Å²) in [6, 6.07) is 0. The number of alkyl halides is 1. The van der Waals surface area contributed by atoms with E-state index in [0.717, 1.165) is 12.8 Å². The Kier molecular flexibility index (Phi) is 3.87. The topological polar surface area (TPSA) is 31.5 Å². The SMILES string of the molecule is CC1CCCC(F)C1C.O. The Morgan fingerprint density at radius 2 is 1.80 bits per heavy atom. The summed E-state index contributed by atoms with van der Waals surface area (Å²) in [4.78, 5) is 0. The first-order valence-corrected chi connectivity index (χ1v) is 3.86. The van der Waals surface area contributed by atoms with Crippen LogP contribution in [-0.2, 0) is 0 Å². The van der Waals surface area contributed by atoms with E-state index >= 15 is 0 Å². The summed E-state index contributed by atoms with van der Waals surface area (Å²) in [5, 5.41) is 0. The van der Waals surface area contributed by atoms with Gasteiger partial charge in [0, 0.05) is 0 Å². The third-order valence-corrected chi connectivity index (χ3v) is 2.61. The highest BCUT2D eigenvalue weighted by atomic mass is 19.1. The lowest BCUT2D eigenvalue weighted by molar-refractivity contribution is 0.130. The van der Waals surface area contributed by atoms with Gasteiger partial charge in [0.2, 0.25) is 0 Å². The number of halogens is 1. The van der Waals surface area contributed by atoms with Gasteiger partial charge in [-0.3, -0.25) is 0 Å². The van der Waals surface area contributed by atoms with Crippen LogP contribution in [0.25, 0.3) is 0 Å². The summed E-state index contributed by atoms with van der Waals surface area (Å²) in [5.41, 5.74) is 0. The standard InChI is InChI=1S/C8H15F.H2O/c1-6-4-3-5-8(9)7(6)2;/h6-8H,3-5H2,1-2H3;1H2.